The number of para-hydroxylation sites is 1. The van der Waals surface area contributed by atoms with Gasteiger partial charge in [-0.05, 0) is 31.2 Å². The third kappa shape index (κ3) is 3.96. The topological polar surface area (TPSA) is 34.4 Å². The summed E-state index contributed by atoms with van der Waals surface area (Å²) >= 11 is 0. The minimum absolute atomic E-state index is 0.656. The van der Waals surface area contributed by atoms with Crippen LogP contribution in [0.5, 0.6) is 5.75 Å². The normalized spacial score (nSPS) is 10.4. The Morgan fingerprint density at radius 2 is 1.94 bits per heavy atom. The van der Waals surface area contributed by atoms with Gasteiger partial charge in [0, 0.05) is 6.54 Å². The van der Waals surface area contributed by atoms with Gasteiger partial charge in [0.2, 0.25) is 0 Å². The van der Waals surface area contributed by atoms with E-state index in [9.17, 15) is 0 Å². The fraction of sp³-hybridized carbons (Fsp3) is 0.286. The summed E-state index contributed by atoms with van der Waals surface area (Å²) in [5.74, 6) is 2.81. The molecule has 2 rings (SSSR count). The van der Waals surface area contributed by atoms with Crippen molar-refractivity contribution in [1.82, 2.24) is 5.32 Å². The summed E-state index contributed by atoms with van der Waals surface area (Å²) in [6.07, 6.45) is 0. The van der Waals surface area contributed by atoms with Gasteiger partial charge in [-0.15, -0.1) is 0 Å². The molecule has 1 N–H and O–H groups in total. The third-order valence-corrected chi connectivity index (χ3v) is 2.39. The van der Waals surface area contributed by atoms with Crippen LogP contribution >= 0.6 is 0 Å². The quantitative estimate of drug-likeness (QED) is 0.776. The van der Waals surface area contributed by atoms with E-state index in [0.29, 0.717) is 6.61 Å². The van der Waals surface area contributed by atoms with E-state index in [1.165, 1.54) is 0 Å². The molecule has 1 heterocycles. The summed E-state index contributed by atoms with van der Waals surface area (Å²) in [6, 6.07) is 13.8. The average molecular weight is 231 g/mol. The minimum Gasteiger partial charge on any atom is -0.492 e. The molecule has 0 bridgehead atoms. The zero-order valence-electron chi connectivity index (χ0n) is 9.98. The van der Waals surface area contributed by atoms with Gasteiger partial charge in [-0.3, -0.25) is 0 Å². The fourth-order valence-corrected chi connectivity index (χ4v) is 1.55. The van der Waals surface area contributed by atoms with E-state index < -0.39 is 0 Å². The van der Waals surface area contributed by atoms with Crippen molar-refractivity contribution in [2.24, 2.45) is 0 Å². The van der Waals surface area contributed by atoms with Crippen molar-refractivity contribution in [2.45, 2.75) is 13.5 Å². The van der Waals surface area contributed by atoms with Gasteiger partial charge in [0.05, 0.1) is 6.54 Å². The Morgan fingerprint density at radius 3 is 2.65 bits per heavy atom. The number of hydrogen-bond donors (Lipinski definition) is 1. The van der Waals surface area contributed by atoms with Crippen molar-refractivity contribution in [2.75, 3.05) is 13.2 Å². The molecule has 0 atom stereocenters. The summed E-state index contributed by atoms with van der Waals surface area (Å²) in [5.41, 5.74) is 0. The van der Waals surface area contributed by atoms with E-state index in [2.05, 4.69) is 5.32 Å². The summed E-state index contributed by atoms with van der Waals surface area (Å²) < 4.78 is 11.0. The predicted molar refractivity (Wildman–Crippen MR) is 67.1 cm³/mol. The molecule has 0 aliphatic carbocycles. The molecule has 0 amide bonds. The van der Waals surface area contributed by atoms with Crippen LogP contribution in [-0.2, 0) is 6.54 Å². The summed E-state index contributed by atoms with van der Waals surface area (Å²) in [5, 5.41) is 3.27. The smallest absolute Gasteiger partial charge is 0.119 e. The fourth-order valence-electron chi connectivity index (χ4n) is 1.55. The number of rotatable bonds is 6. The molecule has 0 fully saturated rings. The van der Waals surface area contributed by atoms with Gasteiger partial charge in [-0.2, -0.15) is 0 Å². The van der Waals surface area contributed by atoms with Gasteiger partial charge in [-0.25, -0.2) is 0 Å². The van der Waals surface area contributed by atoms with Gasteiger partial charge in [0.1, 0.15) is 23.9 Å². The Labute approximate surface area is 101 Å². The molecule has 1 aromatic heterocycles. The molecular formula is C14H17NO2. The maximum absolute atomic E-state index is 5.56. The maximum Gasteiger partial charge on any atom is 0.119 e. The van der Waals surface area contributed by atoms with Crippen LogP contribution < -0.4 is 10.1 Å². The van der Waals surface area contributed by atoms with E-state index in [1.54, 1.807) is 0 Å². The summed E-state index contributed by atoms with van der Waals surface area (Å²) in [4.78, 5) is 0. The highest BCUT2D eigenvalue weighted by molar-refractivity contribution is 5.20. The summed E-state index contributed by atoms with van der Waals surface area (Å²) in [6.45, 7) is 4.15. The van der Waals surface area contributed by atoms with E-state index in [4.69, 9.17) is 9.15 Å². The van der Waals surface area contributed by atoms with Crippen LogP contribution in [-0.4, -0.2) is 13.2 Å². The van der Waals surface area contributed by atoms with Gasteiger partial charge in [0.25, 0.3) is 0 Å². The van der Waals surface area contributed by atoms with Gasteiger partial charge >= 0.3 is 0 Å². The highest BCUT2D eigenvalue weighted by Crippen LogP contribution is 2.07. The lowest BCUT2D eigenvalue weighted by molar-refractivity contribution is 0.310. The molecule has 0 radical (unpaired) electrons. The van der Waals surface area contributed by atoms with Crippen molar-refractivity contribution in [1.29, 1.82) is 0 Å². The van der Waals surface area contributed by atoms with Crippen molar-refractivity contribution >= 4 is 0 Å². The number of ether oxygens (including phenoxy) is 1. The second-order valence-corrected chi connectivity index (χ2v) is 3.85. The van der Waals surface area contributed by atoms with Crippen molar-refractivity contribution < 1.29 is 9.15 Å². The second kappa shape index (κ2) is 6.11. The van der Waals surface area contributed by atoms with E-state index in [0.717, 1.165) is 30.4 Å². The van der Waals surface area contributed by atoms with Gasteiger partial charge < -0.3 is 14.5 Å². The Balaban J connectivity index is 1.61. The molecule has 17 heavy (non-hydrogen) atoms. The van der Waals surface area contributed by atoms with Crippen LogP contribution in [0.25, 0.3) is 0 Å². The van der Waals surface area contributed by atoms with E-state index in [-0.39, 0.29) is 0 Å². The van der Waals surface area contributed by atoms with Crippen LogP contribution in [0.2, 0.25) is 0 Å². The number of aryl methyl sites for hydroxylation is 1. The molecule has 1 aromatic carbocycles. The van der Waals surface area contributed by atoms with E-state index >= 15 is 0 Å². The number of hydrogen-bond acceptors (Lipinski definition) is 3. The number of benzene rings is 1. The molecule has 0 saturated carbocycles. The lowest BCUT2D eigenvalue weighted by Crippen LogP contribution is -2.20. The first-order valence-corrected chi connectivity index (χ1v) is 5.78. The highest BCUT2D eigenvalue weighted by Gasteiger charge is 1.97. The lowest BCUT2D eigenvalue weighted by atomic mass is 10.3. The van der Waals surface area contributed by atoms with E-state index in [1.807, 2.05) is 49.4 Å². The van der Waals surface area contributed by atoms with Crippen molar-refractivity contribution in [3.8, 4) is 5.75 Å². The van der Waals surface area contributed by atoms with Crippen molar-refractivity contribution in [3.63, 3.8) is 0 Å². The Kier molecular flexibility index (Phi) is 4.22. The molecule has 3 heteroatoms. The summed E-state index contributed by atoms with van der Waals surface area (Å²) in [7, 11) is 0. The zero-order valence-corrected chi connectivity index (χ0v) is 9.98. The monoisotopic (exact) mass is 231 g/mol. The molecule has 3 nitrogen and oxygen atoms in total. The Hall–Kier alpha value is -1.74. The first-order valence-electron chi connectivity index (χ1n) is 5.78. The molecule has 0 aliphatic rings. The third-order valence-electron chi connectivity index (χ3n) is 2.39. The van der Waals surface area contributed by atoms with Crippen LogP contribution in [0.4, 0.5) is 0 Å². The predicted octanol–water partition coefficient (Wildman–Crippen LogP) is 2.76. The van der Waals surface area contributed by atoms with Crippen molar-refractivity contribution in [3.05, 3.63) is 54.0 Å². The SMILES string of the molecule is Cc1ccc(CNCCOc2ccccc2)o1. The van der Waals surface area contributed by atoms with Crippen LogP contribution in [0, 0.1) is 6.92 Å². The van der Waals surface area contributed by atoms with Crippen LogP contribution in [0.3, 0.4) is 0 Å². The molecule has 0 spiro atoms. The van der Waals surface area contributed by atoms with Crippen LogP contribution in [0.15, 0.2) is 46.9 Å². The molecule has 90 valence electrons. The second-order valence-electron chi connectivity index (χ2n) is 3.85. The zero-order chi connectivity index (χ0) is 11.9. The average Bonchev–Trinajstić information content (AvgIpc) is 2.76. The van der Waals surface area contributed by atoms with Gasteiger partial charge in [-0.1, -0.05) is 18.2 Å². The molecule has 2 aromatic rings. The first kappa shape index (κ1) is 11.7. The largest absolute Gasteiger partial charge is 0.492 e. The standard InChI is InChI=1S/C14H17NO2/c1-12-7-8-14(17-12)11-15-9-10-16-13-5-3-2-4-6-13/h2-8,15H,9-11H2,1H3. The Morgan fingerprint density at radius 1 is 1.12 bits per heavy atom. The van der Waals surface area contributed by atoms with Gasteiger partial charge in [0.15, 0.2) is 0 Å². The van der Waals surface area contributed by atoms with Crippen LogP contribution in [0.1, 0.15) is 11.5 Å². The molecule has 0 aliphatic heterocycles. The number of nitrogens with one attached hydrogen (secondary N) is 1. The molecular weight excluding hydrogens is 214 g/mol. The number of furan rings is 1. The highest BCUT2D eigenvalue weighted by atomic mass is 16.5. The first-order chi connectivity index (χ1) is 8.34. The minimum atomic E-state index is 0.656. The maximum atomic E-state index is 5.56. The molecule has 0 saturated heterocycles. The Bertz CT molecular complexity index is 436. The lowest BCUT2D eigenvalue weighted by Gasteiger charge is -2.06. The molecule has 0 unspecified atom stereocenters.